The number of carbonyl (C=O) groups is 2. The summed E-state index contributed by atoms with van der Waals surface area (Å²) < 4.78 is 0. The van der Waals surface area contributed by atoms with Gasteiger partial charge in [-0.25, -0.2) is 0 Å². The fourth-order valence-electron chi connectivity index (χ4n) is 2.98. The van der Waals surface area contributed by atoms with Crippen molar-refractivity contribution in [3.8, 4) is 0 Å². The van der Waals surface area contributed by atoms with Crippen LogP contribution in [0, 0.1) is 0 Å². The number of aromatic nitrogens is 1. The average molecular weight is 285 g/mol. The lowest BCUT2D eigenvalue weighted by Crippen LogP contribution is -2.45. The molecule has 3 rings (SSSR count). The van der Waals surface area contributed by atoms with E-state index in [1.54, 1.807) is 23.9 Å². The highest BCUT2D eigenvalue weighted by Gasteiger charge is 2.35. The summed E-state index contributed by atoms with van der Waals surface area (Å²) in [7, 11) is 3.46. The number of likely N-dealkylation sites (tertiary alicyclic amines) is 1. The summed E-state index contributed by atoms with van der Waals surface area (Å²) in [4.78, 5) is 31.4. The van der Waals surface area contributed by atoms with Crippen LogP contribution in [0.25, 0.3) is 10.9 Å². The summed E-state index contributed by atoms with van der Waals surface area (Å²) in [6.45, 7) is 0.639. The lowest BCUT2D eigenvalue weighted by atomic mass is 10.1. The van der Waals surface area contributed by atoms with Crippen LogP contribution < -0.4 is 0 Å². The van der Waals surface area contributed by atoms with E-state index in [9.17, 15) is 9.59 Å². The number of fused-ring (bicyclic) bond motifs is 1. The molecule has 1 aromatic carbocycles. The summed E-state index contributed by atoms with van der Waals surface area (Å²) >= 11 is 0. The molecule has 0 spiro atoms. The number of hydrogen-bond donors (Lipinski definition) is 1. The van der Waals surface area contributed by atoms with Crippen molar-refractivity contribution in [3.05, 3.63) is 36.0 Å². The number of aromatic amines is 1. The van der Waals surface area contributed by atoms with Crippen LogP contribution in [0.15, 0.2) is 30.5 Å². The predicted molar refractivity (Wildman–Crippen MR) is 81.1 cm³/mol. The van der Waals surface area contributed by atoms with Crippen molar-refractivity contribution in [2.75, 3.05) is 20.6 Å². The first kappa shape index (κ1) is 13.7. The SMILES string of the molecule is CN(C)C(=O)C1CCCN1C(=O)c1cccc2cc[nH]c12. The van der Waals surface area contributed by atoms with Gasteiger partial charge < -0.3 is 14.8 Å². The number of nitrogens with one attached hydrogen (secondary N) is 1. The van der Waals surface area contributed by atoms with Gasteiger partial charge in [0.1, 0.15) is 6.04 Å². The summed E-state index contributed by atoms with van der Waals surface area (Å²) in [6, 6.07) is 7.27. The standard InChI is InChI=1S/C16H19N3O2/c1-18(2)16(21)13-7-4-10-19(13)15(20)12-6-3-5-11-8-9-17-14(11)12/h3,5-6,8-9,13,17H,4,7,10H2,1-2H3. The first-order valence-electron chi connectivity index (χ1n) is 7.18. The van der Waals surface area contributed by atoms with Gasteiger partial charge in [-0.2, -0.15) is 0 Å². The highest BCUT2D eigenvalue weighted by Crippen LogP contribution is 2.24. The van der Waals surface area contributed by atoms with Gasteiger partial charge in [-0.15, -0.1) is 0 Å². The third-order valence-electron chi connectivity index (χ3n) is 4.06. The second kappa shape index (κ2) is 5.24. The zero-order valence-corrected chi connectivity index (χ0v) is 12.3. The van der Waals surface area contributed by atoms with Gasteiger partial charge in [0.15, 0.2) is 0 Å². The molecule has 5 heteroatoms. The van der Waals surface area contributed by atoms with Crippen molar-refractivity contribution in [3.63, 3.8) is 0 Å². The van der Waals surface area contributed by atoms with Crippen LogP contribution in [0.4, 0.5) is 0 Å². The van der Waals surface area contributed by atoms with Crippen LogP contribution in [0.3, 0.4) is 0 Å². The Hall–Kier alpha value is -2.30. The van der Waals surface area contributed by atoms with E-state index in [2.05, 4.69) is 4.98 Å². The second-order valence-corrected chi connectivity index (χ2v) is 5.64. The molecule has 1 aliphatic rings. The molecule has 1 unspecified atom stereocenters. The number of para-hydroxylation sites is 1. The predicted octanol–water partition coefficient (Wildman–Crippen LogP) is 1.86. The molecule has 21 heavy (non-hydrogen) atoms. The van der Waals surface area contributed by atoms with Crippen molar-refractivity contribution in [2.45, 2.75) is 18.9 Å². The van der Waals surface area contributed by atoms with Crippen LogP contribution in [-0.4, -0.2) is 53.3 Å². The maximum Gasteiger partial charge on any atom is 0.256 e. The molecule has 2 aromatic rings. The molecule has 1 fully saturated rings. The third kappa shape index (κ3) is 2.28. The molecule has 2 heterocycles. The van der Waals surface area contributed by atoms with E-state index in [1.165, 1.54) is 0 Å². The van der Waals surface area contributed by atoms with Crippen LogP contribution in [0.1, 0.15) is 23.2 Å². The van der Waals surface area contributed by atoms with Gasteiger partial charge in [-0.05, 0) is 25.0 Å². The van der Waals surface area contributed by atoms with Gasteiger partial charge in [-0.1, -0.05) is 12.1 Å². The van der Waals surface area contributed by atoms with E-state index in [0.29, 0.717) is 12.1 Å². The summed E-state index contributed by atoms with van der Waals surface area (Å²) in [5.41, 5.74) is 1.47. The van der Waals surface area contributed by atoms with E-state index in [1.807, 2.05) is 30.5 Å². The largest absolute Gasteiger partial charge is 0.361 e. The maximum absolute atomic E-state index is 12.8. The Bertz CT molecular complexity index is 690. The minimum absolute atomic E-state index is 0.000453. The summed E-state index contributed by atoms with van der Waals surface area (Å²) in [5, 5.41) is 1.01. The number of carbonyl (C=O) groups excluding carboxylic acids is 2. The van der Waals surface area contributed by atoms with Gasteiger partial charge in [-0.3, -0.25) is 9.59 Å². The first-order valence-corrected chi connectivity index (χ1v) is 7.18. The quantitative estimate of drug-likeness (QED) is 0.915. The summed E-state index contributed by atoms with van der Waals surface area (Å²) in [5.74, 6) is -0.0692. The van der Waals surface area contributed by atoms with Crippen molar-refractivity contribution in [1.29, 1.82) is 0 Å². The monoisotopic (exact) mass is 285 g/mol. The number of amides is 2. The molecule has 1 N–H and O–H groups in total. The molecule has 1 aliphatic heterocycles. The highest BCUT2D eigenvalue weighted by atomic mass is 16.2. The molecule has 1 saturated heterocycles. The number of nitrogens with zero attached hydrogens (tertiary/aromatic N) is 2. The Labute approximate surface area is 123 Å². The van der Waals surface area contributed by atoms with Gasteiger partial charge in [0.25, 0.3) is 5.91 Å². The fourth-order valence-corrected chi connectivity index (χ4v) is 2.98. The topological polar surface area (TPSA) is 56.4 Å². The number of likely N-dealkylation sites (N-methyl/N-ethyl adjacent to an activating group) is 1. The van der Waals surface area contributed by atoms with E-state index >= 15 is 0 Å². The molecule has 1 aromatic heterocycles. The van der Waals surface area contributed by atoms with Crippen molar-refractivity contribution >= 4 is 22.7 Å². The zero-order valence-electron chi connectivity index (χ0n) is 12.3. The first-order chi connectivity index (χ1) is 10.1. The Morgan fingerprint density at radius 2 is 2.10 bits per heavy atom. The van der Waals surface area contributed by atoms with E-state index in [4.69, 9.17) is 0 Å². The summed E-state index contributed by atoms with van der Waals surface area (Å²) in [6.07, 6.45) is 3.44. The van der Waals surface area contributed by atoms with Gasteiger partial charge in [0.2, 0.25) is 5.91 Å². The number of benzene rings is 1. The molecular formula is C16H19N3O2. The molecule has 0 bridgehead atoms. The molecule has 0 saturated carbocycles. The lowest BCUT2D eigenvalue weighted by Gasteiger charge is -2.26. The molecule has 0 aliphatic carbocycles. The highest BCUT2D eigenvalue weighted by molar-refractivity contribution is 6.07. The Balaban J connectivity index is 1.94. The minimum atomic E-state index is -0.335. The van der Waals surface area contributed by atoms with Crippen LogP contribution in [-0.2, 0) is 4.79 Å². The molecule has 5 nitrogen and oxygen atoms in total. The molecule has 110 valence electrons. The Kier molecular flexibility index (Phi) is 3.41. The number of H-pyrrole nitrogens is 1. The number of rotatable bonds is 2. The van der Waals surface area contributed by atoms with E-state index in [0.717, 1.165) is 23.7 Å². The molecular weight excluding hydrogens is 266 g/mol. The van der Waals surface area contributed by atoms with Gasteiger partial charge >= 0.3 is 0 Å². The Morgan fingerprint density at radius 1 is 1.29 bits per heavy atom. The molecule has 2 amide bonds. The maximum atomic E-state index is 12.8. The zero-order chi connectivity index (χ0) is 15.0. The number of hydrogen-bond acceptors (Lipinski definition) is 2. The van der Waals surface area contributed by atoms with E-state index < -0.39 is 0 Å². The van der Waals surface area contributed by atoms with Crippen molar-refractivity contribution in [2.24, 2.45) is 0 Å². The van der Waals surface area contributed by atoms with Crippen LogP contribution in [0.5, 0.6) is 0 Å². The molecule has 0 radical (unpaired) electrons. The lowest BCUT2D eigenvalue weighted by molar-refractivity contribution is -0.132. The van der Waals surface area contributed by atoms with Crippen molar-refractivity contribution < 1.29 is 9.59 Å². The van der Waals surface area contributed by atoms with Crippen LogP contribution in [0.2, 0.25) is 0 Å². The Morgan fingerprint density at radius 3 is 2.86 bits per heavy atom. The minimum Gasteiger partial charge on any atom is -0.361 e. The smallest absolute Gasteiger partial charge is 0.256 e. The normalized spacial score (nSPS) is 18.2. The fraction of sp³-hybridized carbons (Fsp3) is 0.375. The van der Waals surface area contributed by atoms with Crippen molar-refractivity contribution in [1.82, 2.24) is 14.8 Å². The van der Waals surface area contributed by atoms with Gasteiger partial charge in [0.05, 0.1) is 11.1 Å². The average Bonchev–Trinajstić information content (AvgIpc) is 3.13. The van der Waals surface area contributed by atoms with Crippen LogP contribution >= 0.6 is 0 Å². The third-order valence-corrected chi connectivity index (χ3v) is 4.06. The molecule has 1 atom stereocenters. The second-order valence-electron chi connectivity index (χ2n) is 5.64. The van der Waals surface area contributed by atoms with E-state index in [-0.39, 0.29) is 17.9 Å². The van der Waals surface area contributed by atoms with Gasteiger partial charge in [0, 0.05) is 32.2 Å².